The number of H-pyrrole nitrogens is 1. The number of para-hydroxylation sites is 1. The molecule has 3 N–H and O–H groups in total. The predicted octanol–water partition coefficient (Wildman–Crippen LogP) is 3.14. The minimum absolute atomic E-state index is 0.175. The van der Waals surface area contributed by atoms with Crippen molar-refractivity contribution in [2.75, 3.05) is 18.4 Å². The molecule has 2 aromatic heterocycles. The van der Waals surface area contributed by atoms with Gasteiger partial charge >= 0.3 is 0 Å². The number of nitrogens with zero attached hydrogens (tertiary/aromatic N) is 2. The zero-order chi connectivity index (χ0) is 17.5. The number of hydrogen-bond donors (Lipinski definition) is 3. The van der Waals surface area contributed by atoms with Crippen LogP contribution in [-0.4, -0.2) is 33.9 Å². The summed E-state index contributed by atoms with van der Waals surface area (Å²) in [5, 5.41) is 7.32. The molecule has 2 heterocycles. The van der Waals surface area contributed by atoms with Crippen LogP contribution in [0.25, 0.3) is 10.9 Å². The Balaban J connectivity index is 1.51. The van der Waals surface area contributed by atoms with Crippen LogP contribution in [0.4, 0.5) is 5.82 Å². The summed E-state index contributed by atoms with van der Waals surface area (Å²) < 4.78 is 0. The average molecular weight is 337 g/mol. The van der Waals surface area contributed by atoms with Crippen molar-refractivity contribution in [3.8, 4) is 0 Å². The quantitative estimate of drug-likeness (QED) is 0.552. The number of carbonyl (C=O) groups is 1. The number of rotatable bonds is 8. The fraction of sp³-hybridized carbons (Fsp3) is 0.316. The maximum atomic E-state index is 11.9. The lowest BCUT2D eigenvalue weighted by molar-refractivity contribution is 0.0948. The molecule has 0 aliphatic heterocycles. The van der Waals surface area contributed by atoms with Gasteiger partial charge in [0.15, 0.2) is 0 Å². The van der Waals surface area contributed by atoms with Crippen LogP contribution in [0.1, 0.15) is 35.8 Å². The van der Waals surface area contributed by atoms with E-state index in [1.165, 1.54) is 17.1 Å². The molecule has 0 unspecified atom stereocenters. The largest absolute Gasteiger partial charge is 0.368 e. The number of aromatic nitrogens is 3. The minimum Gasteiger partial charge on any atom is -0.368 e. The molecule has 0 spiro atoms. The first-order valence-corrected chi connectivity index (χ1v) is 8.67. The van der Waals surface area contributed by atoms with Crippen LogP contribution in [0.2, 0.25) is 0 Å². The Morgan fingerprint density at radius 2 is 2.04 bits per heavy atom. The van der Waals surface area contributed by atoms with Gasteiger partial charge in [-0.25, -0.2) is 9.97 Å². The molecule has 0 fully saturated rings. The molecular weight excluding hydrogens is 314 g/mol. The van der Waals surface area contributed by atoms with Crippen molar-refractivity contribution >= 4 is 22.6 Å². The number of amides is 1. The first kappa shape index (κ1) is 17.0. The Labute approximate surface area is 147 Å². The lowest BCUT2D eigenvalue weighted by Gasteiger charge is -2.06. The molecule has 25 heavy (non-hydrogen) atoms. The SMILES string of the molecule is CCCCNC(=O)c1cnc(NCCc2c[nH]c3ccccc23)cn1. The zero-order valence-corrected chi connectivity index (χ0v) is 14.4. The summed E-state index contributed by atoms with van der Waals surface area (Å²) in [5.74, 6) is 0.497. The fourth-order valence-corrected chi connectivity index (χ4v) is 2.67. The Morgan fingerprint density at radius 1 is 1.16 bits per heavy atom. The van der Waals surface area contributed by atoms with E-state index in [1.807, 2.05) is 18.3 Å². The molecule has 6 heteroatoms. The highest BCUT2D eigenvalue weighted by Gasteiger charge is 2.07. The van der Waals surface area contributed by atoms with Crippen LogP contribution in [0, 0.1) is 0 Å². The zero-order valence-electron chi connectivity index (χ0n) is 14.4. The molecule has 0 aliphatic rings. The highest BCUT2D eigenvalue weighted by Crippen LogP contribution is 2.18. The Bertz CT molecular complexity index is 825. The summed E-state index contributed by atoms with van der Waals surface area (Å²) in [6.07, 6.45) is 8.05. The standard InChI is InChI=1S/C19H23N5O/c1-2-3-9-21-19(25)17-12-24-18(13-23-17)20-10-8-14-11-22-16-7-5-4-6-15(14)16/h4-7,11-13,22H,2-3,8-10H2,1H3,(H,20,24)(H,21,25). The molecule has 3 rings (SSSR count). The van der Waals surface area contributed by atoms with Gasteiger partial charge in [0.2, 0.25) is 0 Å². The fourth-order valence-electron chi connectivity index (χ4n) is 2.67. The molecule has 0 radical (unpaired) electrons. The summed E-state index contributed by atoms with van der Waals surface area (Å²) in [4.78, 5) is 23.6. The number of benzene rings is 1. The molecule has 0 aliphatic carbocycles. The van der Waals surface area contributed by atoms with E-state index < -0.39 is 0 Å². The van der Waals surface area contributed by atoms with E-state index in [-0.39, 0.29) is 5.91 Å². The molecule has 0 bridgehead atoms. The van der Waals surface area contributed by atoms with E-state index in [0.29, 0.717) is 18.1 Å². The predicted molar refractivity (Wildman–Crippen MR) is 99.8 cm³/mol. The van der Waals surface area contributed by atoms with E-state index in [1.54, 1.807) is 6.20 Å². The van der Waals surface area contributed by atoms with Crippen molar-refractivity contribution < 1.29 is 4.79 Å². The third-order valence-electron chi connectivity index (χ3n) is 4.08. The van der Waals surface area contributed by atoms with Gasteiger partial charge in [-0.05, 0) is 24.5 Å². The number of fused-ring (bicyclic) bond motifs is 1. The van der Waals surface area contributed by atoms with Gasteiger partial charge in [-0.3, -0.25) is 4.79 Å². The lowest BCUT2D eigenvalue weighted by Crippen LogP contribution is -2.25. The first-order valence-electron chi connectivity index (χ1n) is 8.67. The number of carbonyl (C=O) groups excluding carboxylic acids is 1. The van der Waals surface area contributed by atoms with E-state index in [4.69, 9.17) is 0 Å². The van der Waals surface area contributed by atoms with Gasteiger partial charge in [-0.1, -0.05) is 31.5 Å². The smallest absolute Gasteiger partial charge is 0.271 e. The molecule has 1 aromatic carbocycles. The normalized spacial score (nSPS) is 10.8. The van der Waals surface area contributed by atoms with E-state index in [9.17, 15) is 4.79 Å². The number of nitrogens with one attached hydrogen (secondary N) is 3. The maximum Gasteiger partial charge on any atom is 0.271 e. The highest BCUT2D eigenvalue weighted by atomic mass is 16.1. The van der Waals surface area contributed by atoms with Gasteiger partial charge in [-0.2, -0.15) is 0 Å². The van der Waals surface area contributed by atoms with Gasteiger partial charge in [0, 0.05) is 30.2 Å². The van der Waals surface area contributed by atoms with Crippen LogP contribution < -0.4 is 10.6 Å². The number of unbranched alkanes of at least 4 members (excludes halogenated alkanes) is 1. The average Bonchev–Trinajstić information content (AvgIpc) is 3.06. The van der Waals surface area contributed by atoms with Crippen molar-refractivity contribution in [3.05, 3.63) is 54.1 Å². The van der Waals surface area contributed by atoms with Crippen molar-refractivity contribution in [1.82, 2.24) is 20.3 Å². The summed E-state index contributed by atoms with van der Waals surface area (Å²) in [6, 6.07) is 8.26. The maximum absolute atomic E-state index is 11.9. The summed E-state index contributed by atoms with van der Waals surface area (Å²) in [7, 11) is 0. The number of aromatic amines is 1. The number of anilines is 1. The molecular formula is C19H23N5O. The van der Waals surface area contributed by atoms with Gasteiger partial charge in [-0.15, -0.1) is 0 Å². The molecule has 3 aromatic rings. The van der Waals surface area contributed by atoms with Crippen molar-refractivity contribution in [3.63, 3.8) is 0 Å². The topological polar surface area (TPSA) is 82.7 Å². The van der Waals surface area contributed by atoms with E-state index >= 15 is 0 Å². The van der Waals surface area contributed by atoms with Crippen molar-refractivity contribution in [1.29, 1.82) is 0 Å². The van der Waals surface area contributed by atoms with E-state index in [0.717, 1.165) is 31.3 Å². The molecule has 0 atom stereocenters. The monoisotopic (exact) mass is 337 g/mol. The number of hydrogen-bond acceptors (Lipinski definition) is 4. The Morgan fingerprint density at radius 3 is 2.84 bits per heavy atom. The second-order valence-electron chi connectivity index (χ2n) is 5.93. The van der Waals surface area contributed by atoms with Gasteiger partial charge < -0.3 is 15.6 Å². The Hall–Kier alpha value is -2.89. The van der Waals surface area contributed by atoms with Crippen LogP contribution in [0.5, 0.6) is 0 Å². The van der Waals surface area contributed by atoms with Crippen LogP contribution in [-0.2, 0) is 6.42 Å². The van der Waals surface area contributed by atoms with Gasteiger partial charge in [0.05, 0.1) is 12.4 Å². The van der Waals surface area contributed by atoms with Gasteiger partial charge in [0.25, 0.3) is 5.91 Å². The third-order valence-corrected chi connectivity index (χ3v) is 4.08. The van der Waals surface area contributed by atoms with E-state index in [2.05, 4.69) is 44.6 Å². The summed E-state index contributed by atoms with van der Waals surface area (Å²) in [5.41, 5.74) is 2.76. The summed E-state index contributed by atoms with van der Waals surface area (Å²) >= 11 is 0. The summed E-state index contributed by atoms with van der Waals surface area (Å²) in [6.45, 7) is 3.50. The lowest BCUT2D eigenvalue weighted by atomic mass is 10.1. The molecule has 1 amide bonds. The molecule has 130 valence electrons. The minimum atomic E-state index is -0.175. The first-order chi connectivity index (χ1) is 12.3. The van der Waals surface area contributed by atoms with Crippen molar-refractivity contribution in [2.45, 2.75) is 26.2 Å². The molecule has 0 saturated heterocycles. The second-order valence-corrected chi connectivity index (χ2v) is 5.93. The second kappa shape index (κ2) is 8.28. The third kappa shape index (κ3) is 4.35. The van der Waals surface area contributed by atoms with Gasteiger partial charge in [0.1, 0.15) is 11.5 Å². The Kier molecular flexibility index (Phi) is 5.61. The van der Waals surface area contributed by atoms with Crippen LogP contribution in [0.15, 0.2) is 42.9 Å². The van der Waals surface area contributed by atoms with Crippen molar-refractivity contribution in [2.24, 2.45) is 0 Å². The van der Waals surface area contributed by atoms with Crippen LogP contribution >= 0.6 is 0 Å². The molecule has 0 saturated carbocycles. The molecule has 6 nitrogen and oxygen atoms in total. The van der Waals surface area contributed by atoms with Crippen LogP contribution in [0.3, 0.4) is 0 Å². The highest BCUT2D eigenvalue weighted by molar-refractivity contribution is 5.92.